The van der Waals surface area contributed by atoms with Crippen LogP contribution < -0.4 is 10.6 Å². The van der Waals surface area contributed by atoms with E-state index in [9.17, 15) is 14.0 Å². The number of halogens is 1. The number of para-hydroxylation sites is 1. The third kappa shape index (κ3) is 1.43. The lowest BCUT2D eigenvalue weighted by Crippen LogP contribution is -2.47. The van der Waals surface area contributed by atoms with Crippen LogP contribution in [0.4, 0.5) is 15.8 Å². The Kier molecular flexibility index (Phi) is 2.36. The van der Waals surface area contributed by atoms with Gasteiger partial charge in [0.1, 0.15) is 11.5 Å². The molecule has 2 N–H and O–H groups in total. The van der Waals surface area contributed by atoms with Gasteiger partial charge < -0.3 is 5.73 Å². The van der Waals surface area contributed by atoms with Crippen LogP contribution >= 0.6 is 0 Å². The molecular weight excluding hydrogens is 235 g/mol. The average molecular weight is 248 g/mol. The monoisotopic (exact) mass is 248 g/mol. The van der Waals surface area contributed by atoms with E-state index < -0.39 is 5.82 Å². The summed E-state index contributed by atoms with van der Waals surface area (Å²) < 4.78 is 13.8. The zero-order chi connectivity index (χ0) is 12.9. The second kappa shape index (κ2) is 3.80. The maximum absolute atomic E-state index is 13.8. The van der Waals surface area contributed by atoms with Gasteiger partial charge in [0.25, 0.3) is 0 Å². The third-order valence-electron chi connectivity index (χ3n) is 3.81. The molecule has 1 aliphatic carbocycles. The molecule has 2 atom stereocenters. The van der Waals surface area contributed by atoms with Crippen LogP contribution in [0.3, 0.4) is 0 Å². The predicted octanol–water partition coefficient (Wildman–Crippen LogP) is 1.70. The molecule has 0 spiro atoms. The summed E-state index contributed by atoms with van der Waals surface area (Å²) >= 11 is 0. The summed E-state index contributed by atoms with van der Waals surface area (Å²) in [6.45, 7) is 0. The van der Waals surface area contributed by atoms with Gasteiger partial charge in [-0.1, -0.05) is 6.07 Å². The van der Waals surface area contributed by atoms with E-state index in [-0.39, 0.29) is 35.0 Å². The molecule has 1 saturated carbocycles. The van der Waals surface area contributed by atoms with Crippen molar-refractivity contribution in [2.75, 3.05) is 10.6 Å². The quantitative estimate of drug-likeness (QED) is 0.607. The van der Waals surface area contributed by atoms with Gasteiger partial charge in [-0.2, -0.15) is 0 Å². The lowest BCUT2D eigenvalue weighted by Gasteiger charge is -2.30. The van der Waals surface area contributed by atoms with Gasteiger partial charge in [0.2, 0.25) is 11.8 Å². The number of rotatable bonds is 1. The Morgan fingerprint density at radius 2 is 1.78 bits per heavy atom. The maximum atomic E-state index is 13.8. The van der Waals surface area contributed by atoms with E-state index in [4.69, 9.17) is 5.73 Å². The van der Waals surface area contributed by atoms with E-state index in [2.05, 4.69) is 0 Å². The molecule has 1 aromatic carbocycles. The SMILES string of the molecule is Nc1cccc(F)c1N1C(=O)C2CCC(C2)C1=O. The Balaban J connectivity index is 2.11. The number of amides is 2. The van der Waals surface area contributed by atoms with Crippen LogP contribution in [0.15, 0.2) is 18.2 Å². The number of carbonyl (C=O) groups is 2. The number of imide groups is 1. The van der Waals surface area contributed by atoms with Gasteiger partial charge in [-0.3, -0.25) is 9.59 Å². The normalized spacial score (nSPS) is 26.8. The summed E-state index contributed by atoms with van der Waals surface area (Å²) in [6.07, 6.45) is 2.02. The van der Waals surface area contributed by atoms with E-state index in [1.807, 2.05) is 0 Å². The molecule has 94 valence electrons. The van der Waals surface area contributed by atoms with Crippen LogP contribution in [0, 0.1) is 17.7 Å². The van der Waals surface area contributed by atoms with Crippen LogP contribution in [0.1, 0.15) is 19.3 Å². The van der Waals surface area contributed by atoms with Crippen molar-refractivity contribution in [3.63, 3.8) is 0 Å². The minimum absolute atomic E-state index is 0.0795. The highest BCUT2D eigenvalue weighted by molar-refractivity contribution is 6.20. The average Bonchev–Trinajstić information content (AvgIpc) is 2.77. The molecule has 2 unspecified atom stereocenters. The standard InChI is InChI=1S/C13H13FN2O2/c14-9-2-1-3-10(15)11(9)16-12(17)7-4-5-8(6-7)13(16)18/h1-3,7-8H,4-6,15H2. The highest BCUT2D eigenvalue weighted by atomic mass is 19.1. The van der Waals surface area contributed by atoms with Crippen LogP contribution in [0.5, 0.6) is 0 Å². The van der Waals surface area contributed by atoms with Gasteiger partial charge in [-0.15, -0.1) is 0 Å². The smallest absolute Gasteiger partial charge is 0.237 e. The number of carbonyl (C=O) groups excluding carboxylic acids is 2. The van der Waals surface area contributed by atoms with Gasteiger partial charge in [0.05, 0.1) is 5.69 Å². The molecule has 1 heterocycles. The van der Waals surface area contributed by atoms with Crippen LogP contribution in [-0.2, 0) is 9.59 Å². The van der Waals surface area contributed by atoms with Crippen molar-refractivity contribution in [2.45, 2.75) is 19.3 Å². The van der Waals surface area contributed by atoms with Crippen molar-refractivity contribution in [1.82, 2.24) is 0 Å². The zero-order valence-electron chi connectivity index (χ0n) is 9.73. The summed E-state index contributed by atoms with van der Waals surface area (Å²) in [6, 6.07) is 4.17. The topological polar surface area (TPSA) is 63.4 Å². The highest BCUT2D eigenvalue weighted by Gasteiger charge is 2.46. The molecule has 2 amide bonds. The van der Waals surface area contributed by atoms with Crippen molar-refractivity contribution in [3.05, 3.63) is 24.0 Å². The summed E-state index contributed by atoms with van der Waals surface area (Å²) in [4.78, 5) is 25.3. The Morgan fingerprint density at radius 1 is 1.17 bits per heavy atom. The first-order valence-electron chi connectivity index (χ1n) is 6.01. The molecule has 0 radical (unpaired) electrons. The van der Waals surface area contributed by atoms with Crippen LogP contribution in [0.25, 0.3) is 0 Å². The largest absolute Gasteiger partial charge is 0.397 e. The van der Waals surface area contributed by atoms with Gasteiger partial charge in [-0.05, 0) is 31.4 Å². The molecule has 2 fully saturated rings. The molecule has 2 aliphatic rings. The molecule has 1 aliphatic heterocycles. The van der Waals surface area contributed by atoms with Crippen molar-refractivity contribution in [1.29, 1.82) is 0 Å². The Hall–Kier alpha value is -1.91. The van der Waals surface area contributed by atoms with E-state index in [1.54, 1.807) is 0 Å². The molecule has 2 bridgehead atoms. The number of nitrogens with two attached hydrogens (primary N) is 1. The summed E-state index contributed by atoms with van der Waals surface area (Å²) in [7, 11) is 0. The number of fused-ring (bicyclic) bond motifs is 2. The maximum Gasteiger partial charge on any atom is 0.237 e. The number of anilines is 2. The number of benzene rings is 1. The first-order valence-corrected chi connectivity index (χ1v) is 6.01. The van der Waals surface area contributed by atoms with E-state index in [0.717, 1.165) is 4.90 Å². The molecule has 3 rings (SSSR count). The lowest BCUT2D eigenvalue weighted by molar-refractivity contribution is -0.133. The molecule has 1 saturated heterocycles. The number of hydrogen-bond donors (Lipinski definition) is 1. The summed E-state index contributed by atoms with van der Waals surface area (Å²) in [5.41, 5.74) is 5.75. The fourth-order valence-corrected chi connectivity index (χ4v) is 2.89. The molecule has 18 heavy (non-hydrogen) atoms. The Morgan fingerprint density at radius 3 is 2.33 bits per heavy atom. The fourth-order valence-electron chi connectivity index (χ4n) is 2.89. The lowest BCUT2D eigenvalue weighted by atomic mass is 9.96. The molecule has 0 aromatic heterocycles. The van der Waals surface area contributed by atoms with Gasteiger partial charge in [0.15, 0.2) is 0 Å². The molecule has 5 heteroatoms. The predicted molar refractivity (Wildman–Crippen MR) is 64.1 cm³/mol. The molecule has 1 aromatic rings. The van der Waals surface area contributed by atoms with E-state index >= 15 is 0 Å². The minimum Gasteiger partial charge on any atom is -0.397 e. The number of hydrogen-bond acceptors (Lipinski definition) is 3. The minimum atomic E-state index is -0.627. The van der Waals surface area contributed by atoms with Crippen LogP contribution in [-0.4, -0.2) is 11.8 Å². The highest BCUT2D eigenvalue weighted by Crippen LogP contribution is 2.41. The second-order valence-electron chi connectivity index (χ2n) is 4.90. The van der Waals surface area contributed by atoms with Crippen molar-refractivity contribution >= 4 is 23.2 Å². The molecule has 4 nitrogen and oxygen atoms in total. The Labute approximate surface area is 104 Å². The first kappa shape index (κ1) is 11.2. The van der Waals surface area contributed by atoms with Crippen molar-refractivity contribution in [3.8, 4) is 0 Å². The summed E-state index contributed by atoms with van der Waals surface area (Å²) in [5, 5.41) is 0. The first-order chi connectivity index (χ1) is 8.59. The van der Waals surface area contributed by atoms with Gasteiger partial charge in [0, 0.05) is 11.8 Å². The van der Waals surface area contributed by atoms with Gasteiger partial charge >= 0.3 is 0 Å². The Bertz CT molecular complexity index is 502. The number of nitrogens with zero attached hydrogens (tertiary/aromatic N) is 1. The van der Waals surface area contributed by atoms with Gasteiger partial charge in [-0.25, -0.2) is 9.29 Å². The van der Waals surface area contributed by atoms with Crippen LogP contribution in [0.2, 0.25) is 0 Å². The molecular formula is C13H13FN2O2. The zero-order valence-corrected chi connectivity index (χ0v) is 9.73. The van der Waals surface area contributed by atoms with Crippen molar-refractivity contribution < 1.29 is 14.0 Å². The fraction of sp³-hybridized carbons (Fsp3) is 0.385. The van der Waals surface area contributed by atoms with Crippen molar-refractivity contribution in [2.24, 2.45) is 11.8 Å². The number of piperidine rings is 1. The second-order valence-corrected chi connectivity index (χ2v) is 4.90. The van der Waals surface area contributed by atoms with E-state index in [0.29, 0.717) is 19.3 Å². The number of nitrogen functional groups attached to an aromatic ring is 1. The van der Waals surface area contributed by atoms with E-state index in [1.165, 1.54) is 18.2 Å². The summed E-state index contributed by atoms with van der Waals surface area (Å²) in [5.74, 6) is -1.58. The third-order valence-corrected chi connectivity index (χ3v) is 3.81.